The minimum Gasteiger partial charge on any atom is -0.494 e. The average Bonchev–Trinajstić information content (AvgIpc) is 3.41. The normalized spacial score (nSPS) is 12.1. The van der Waals surface area contributed by atoms with Gasteiger partial charge in [0.05, 0.1) is 11.5 Å². The molecule has 1 amide bonds. The summed E-state index contributed by atoms with van der Waals surface area (Å²) in [6.07, 6.45) is 3.71. The molecular weight excluding hydrogens is 498 g/mol. The van der Waals surface area contributed by atoms with Gasteiger partial charge in [-0.25, -0.2) is 14.8 Å². The van der Waals surface area contributed by atoms with Gasteiger partial charge in [0.2, 0.25) is 0 Å². The topological polar surface area (TPSA) is 101 Å². The van der Waals surface area contributed by atoms with Crippen molar-refractivity contribution in [3.05, 3.63) is 88.4 Å². The van der Waals surface area contributed by atoms with Gasteiger partial charge >= 0.3 is 5.97 Å². The number of nitrogens with zero attached hydrogens (tertiary/aromatic N) is 2. The van der Waals surface area contributed by atoms with Gasteiger partial charge in [0.15, 0.2) is 5.82 Å². The van der Waals surface area contributed by atoms with Crippen LogP contribution in [0.25, 0.3) is 22.5 Å². The Bertz CT molecular complexity index is 1390. The highest BCUT2D eigenvalue weighted by molar-refractivity contribution is 7.14. The molecule has 4 rings (SSSR count). The molecule has 2 aromatic heterocycles. The maximum atomic E-state index is 12.7. The van der Waals surface area contributed by atoms with Crippen molar-refractivity contribution in [3.63, 3.8) is 0 Å². The van der Waals surface area contributed by atoms with E-state index >= 15 is 0 Å². The second kappa shape index (κ2) is 11.6. The van der Waals surface area contributed by atoms with E-state index in [0.29, 0.717) is 17.3 Å². The van der Waals surface area contributed by atoms with E-state index in [2.05, 4.69) is 36.1 Å². The molecule has 0 aliphatic carbocycles. The molecule has 0 aliphatic rings. The summed E-state index contributed by atoms with van der Waals surface area (Å²) in [6, 6.07) is 17.8. The van der Waals surface area contributed by atoms with E-state index in [4.69, 9.17) is 4.74 Å². The Kier molecular flexibility index (Phi) is 8.22. The Balaban J connectivity index is 1.41. The zero-order chi connectivity index (χ0) is 27.3. The molecule has 0 spiro atoms. The lowest BCUT2D eigenvalue weighted by Gasteiger charge is -2.16. The third-order valence-corrected chi connectivity index (χ3v) is 7.48. The number of hydrogen-bond acceptors (Lipinski definition) is 6. The second-order valence-corrected chi connectivity index (χ2v) is 11.0. The van der Waals surface area contributed by atoms with Crippen LogP contribution in [0.5, 0.6) is 5.75 Å². The minimum atomic E-state index is -1.08. The van der Waals surface area contributed by atoms with Crippen molar-refractivity contribution < 1.29 is 19.4 Å². The molecule has 1 atom stereocenters. The monoisotopic (exact) mass is 529 g/mol. The number of aromatic nitrogens is 2. The third-order valence-electron chi connectivity index (χ3n) is 5.97. The maximum Gasteiger partial charge on any atom is 0.326 e. The van der Waals surface area contributed by atoms with Crippen LogP contribution in [0.2, 0.25) is 0 Å². The summed E-state index contributed by atoms with van der Waals surface area (Å²) >= 11 is 1.38. The van der Waals surface area contributed by atoms with Gasteiger partial charge in [0.1, 0.15) is 11.8 Å². The maximum absolute atomic E-state index is 12.7. The van der Waals surface area contributed by atoms with Crippen LogP contribution in [0, 0.1) is 0 Å². The fraction of sp³-hybridized carbons (Fsp3) is 0.267. The van der Waals surface area contributed by atoms with Crippen molar-refractivity contribution in [3.8, 4) is 28.3 Å². The largest absolute Gasteiger partial charge is 0.494 e. The van der Waals surface area contributed by atoms with Crippen molar-refractivity contribution >= 4 is 23.2 Å². The Hall–Kier alpha value is -4.04. The Labute approximate surface area is 226 Å². The van der Waals surface area contributed by atoms with Crippen LogP contribution in [0.4, 0.5) is 0 Å². The van der Waals surface area contributed by atoms with E-state index in [9.17, 15) is 14.7 Å². The zero-order valence-corrected chi connectivity index (χ0v) is 22.7. The van der Waals surface area contributed by atoms with Crippen molar-refractivity contribution in [1.29, 1.82) is 0 Å². The van der Waals surface area contributed by atoms with Gasteiger partial charge in [0, 0.05) is 34.8 Å². The van der Waals surface area contributed by atoms with Crippen LogP contribution in [-0.2, 0) is 16.6 Å². The van der Waals surface area contributed by atoms with Crippen LogP contribution in [-0.4, -0.2) is 39.6 Å². The number of carbonyl (C=O) groups excluding carboxylic acids is 1. The first-order chi connectivity index (χ1) is 18.1. The van der Waals surface area contributed by atoms with Gasteiger partial charge < -0.3 is 15.2 Å². The lowest BCUT2D eigenvalue weighted by molar-refractivity contribution is -0.139. The summed E-state index contributed by atoms with van der Waals surface area (Å²) in [5, 5.41) is 12.4. The first kappa shape index (κ1) is 27.0. The number of thiophene rings is 1. The molecule has 38 heavy (non-hydrogen) atoms. The number of rotatable bonds is 9. The molecule has 0 fully saturated rings. The number of benzene rings is 2. The average molecular weight is 530 g/mol. The van der Waals surface area contributed by atoms with Crippen molar-refractivity contribution in [2.45, 2.75) is 45.6 Å². The van der Waals surface area contributed by atoms with E-state index < -0.39 is 12.0 Å². The van der Waals surface area contributed by atoms with Crippen molar-refractivity contribution in [2.24, 2.45) is 0 Å². The van der Waals surface area contributed by atoms with Gasteiger partial charge in [-0.15, -0.1) is 11.3 Å². The summed E-state index contributed by atoms with van der Waals surface area (Å²) in [4.78, 5) is 35.2. The number of nitrogens with one attached hydrogen (secondary N) is 1. The summed E-state index contributed by atoms with van der Waals surface area (Å²) in [7, 11) is 0. The fourth-order valence-corrected chi connectivity index (χ4v) is 4.82. The van der Waals surface area contributed by atoms with Gasteiger partial charge in [-0.05, 0) is 47.7 Å². The van der Waals surface area contributed by atoms with Crippen LogP contribution in [0.3, 0.4) is 0 Å². The molecule has 0 radical (unpaired) electrons. The van der Waals surface area contributed by atoms with Crippen LogP contribution in [0.15, 0.2) is 73.1 Å². The lowest BCUT2D eigenvalue weighted by Crippen LogP contribution is -2.42. The van der Waals surface area contributed by atoms with Gasteiger partial charge in [-0.3, -0.25) is 4.79 Å². The van der Waals surface area contributed by atoms with Crippen molar-refractivity contribution in [2.75, 3.05) is 6.61 Å². The van der Waals surface area contributed by atoms with Gasteiger partial charge in [0.25, 0.3) is 5.91 Å². The minimum absolute atomic E-state index is 0.0729. The molecule has 7 nitrogen and oxygen atoms in total. The SMILES string of the molecule is CCOc1ccc(-c2cnc(-c3ccc(C[C@H](NC(=O)c4ccc(C(C)(C)C)s4)C(=O)O)cc3)nc2)cc1. The number of carboxylic acids is 1. The predicted octanol–water partition coefficient (Wildman–Crippen LogP) is 5.99. The summed E-state index contributed by atoms with van der Waals surface area (Å²) < 4.78 is 5.49. The molecule has 0 aliphatic heterocycles. The van der Waals surface area contributed by atoms with Crippen LogP contribution in [0.1, 0.15) is 47.8 Å². The van der Waals surface area contributed by atoms with Crippen LogP contribution < -0.4 is 10.1 Å². The fourth-order valence-electron chi connectivity index (χ4n) is 3.85. The predicted molar refractivity (Wildman–Crippen MR) is 150 cm³/mol. The summed E-state index contributed by atoms with van der Waals surface area (Å²) in [5.74, 6) is -0.0692. The molecule has 4 aromatic rings. The Morgan fingerprint density at radius 2 is 1.55 bits per heavy atom. The molecule has 0 bridgehead atoms. The van der Waals surface area contributed by atoms with Gasteiger partial charge in [-0.1, -0.05) is 57.2 Å². The smallest absolute Gasteiger partial charge is 0.326 e. The van der Waals surface area contributed by atoms with E-state index in [1.54, 1.807) is 18.5 Å². The molecule has 2 N–H and O–H groups in total. The first-order valence-electron chi connectivity index (χ1n) is 12.4. The van der Waals surface area contributed by atoms with Crippen LogP contribution >= 0.6 is 11.3 Å². The van der Waals surface area contributed by atoms with E-state index in [1.165, 1.54) is 11.3 Å². The highest BCUT2D eigenvalue weighted by Crippen LogP contribution is 2.29. The second-order valence-electron chi connectivity index (χ2n) is 9.93. The lowest BCUT2D eigenvalue weighted by atomic mass is 9.95. The molecule has 0 saturated heterocycles. The summed E-state index contributed by atoms with van der Waals surface area (Å²) in [6.45, 7) is 8.79. The van der Waals surface area contributed by atoms with E-state index in [-0.39, 0.29) is 17.7 Å². The number of carbonyl (C=O) groups is 2. The van der Waals surface area contributed by atoms with E-state index in [1.807, 2.05) is 61.5 Å². The van der Waals surface area contributed by atoms with Gasteiger partial charge in [-0.2, -0.15) is 0 Å². The molecule has 2 heterocycles. The third kappa shape index (κ3) is 6.63. The number of hydrogen-bond donors (Lipinski definition) is 2. The quantitative estimate of drug-likeness (QED) is 0.276. The van der Waals surface area contributed by atoms with E-state index in [0.717, 1.165) is 32.9 Å². The number of ether oxygens (including phenoxy) is 1. The standard InChI is InChI=1S/C30H31N3O4S/c1-5-37-23-12-10-20(11-13-23)22-17-31-27(32-18-22)21-8-6-19(7-9-21)16-24(29(35)36)33-28(34)25-14-15-26(38-25)30(2,3)4/h6-15,17-18,24H,5,16H2,1-4H3,(H,33,34)(H,35,36)/t24-/m0/s1. The number of carboxylic acid groups (broad SMARTS) is 1. The highest BCUT2D eigenvalue weighted by atomic mass is 32.1. The molecule has 0 unspecified atom stereocenters. The molecular formula is C30H31N3O4S. The number of aliphatic carboxylic acids is 1. The number of amides is 1. The Morgan fingerprint density at radius 3 is 2.11 bits per heavy atom. The Morgan fingerprint density at radius 1 is 0.921 bits per heavy atom. The zero-order valence-electron chi connectivity index (χ0n) is 21.9. The van der Waals surface area contributed by atoms with Crippen molar-refractivity contribution in [1.82, 2.24) is 15.3 Å². The molecule has 2 aromatic carbocycles. The highest BCUT2D eigenvalue weighted by Gasteiger charge is 2.24. The first-order valence-corrected chi connectivity index (χ1v) is 13.2. The molecule has 196 valence electrons. The molecule has 0 saturated carbocycles. The molecule has 8 heteroatoms. The summed E-state index contributed by atoms with van der Waals surface area (Å²) in [5.41, 5.74) is 3.42.